The van der Waals surface area contributed by atoms with Crippen molar-refractivity contribution in [3.63, 3.8) is 0 Å². The number of nitrogens with zero attached hydrogens (tertiary/aromatic N) is 3. The molecule has 6 heteroatoms. The van der Waals surface area contributed by atoms with Crippen molar-refractivity contribution in [1.82, 2.24) is 14.8 Å². The van der Waals surface area contributed by atoms with E-state index in [0.717, 1.165) is 23.3 Å². The second-order valence-corrected chi connectivity index (χ2v) is 5.96. The Labute approximate surface area is 153 Å². The van der Waals surface area contributed by atoms with E-state index in [4.69, 9.17) is 0 Å². The zero-order chi connectivity index (χ0) is 18.9. The summed E-state index contributed by atoms with van der Waals surface area (Å²) in [6, 6.07) is 23.7. The van der Waals surface area contributed by atoms with E-state index in [2.05, 4.69) is 10.2 Å². The molecule has 0 bridgehead atoms. The van der Waals surface area contributed by atoms with Crippen molar-refractivity contribution < 1.29 is 13.2 Å². The smallest absolute Gasteiger partial charge is 0.275 e. The lowest BCUT2D eigenvalue weighted by Gasteiger charge is -2.13. The molecule has 0 amide bonds. The zero-order valence-corrected chi connectivity index (χ0v) is 14.1. The van der Waals surface area contributed by atoms with E-state index in [1.807, 2.05) is 60.7 Å². The van der Waals surface area contributed by atoms with Crippen LogP contribution in [0, 0.1) is 0 Å². The minimum absolute atomic E-state index is 0.354. The van der Waals surface area contributed by atoms with Gasteiger partial charge in [-0.3, -0.25) is 4.57 Å². The summed E-state index contributed by atoms with van der Waals surface area (Å²) in [5.41, 5.74) is 1.17. The maximum atomic E-state index is 13.2. The molecule has 0 spiro atoms. The van der Waals surface area contributed by atoms with Crippen molar-refractivity contribution in [2.75, 3.05) is 0 Å². The van der Waals surface area contributed by atoms with Gasteiger partial charge in [0.1, 0.15) is 0 Å². The van der Waals surface area contributed by atoms with Gasteiger partial charge in [-0.15, -0.1) is 10.2 Å². The molecular weight excluding hydrogens is 351 g/mol. The lowest BCUT2D eigenvalue weighted by Crippen LogP contribution is -2.07. The summed E-state index contributed by atoms with van der Waals surface area (Å²) in [7, 11) is 0. The molecule has 0 atom stereocenters. The van der Waals surface area contributed by atoms with Crippen molar-refractivity contribution in [3.05, 3.63) is 90.5 Å². The van der Waals surface area contributed by atoms with E-state index in [9.17, 15) is 13.2 Å². The first kappa shape index (κ1) is 17.0. The Balaban J connectivity index is 1.96. The van der Waals surface area contributed by atoms with Crippen LogP contribution in [0.25, 0.3) is 28.5 Å². The predicted molar refractivity (Wildman–Crippen MR) is 97.2 cm³/mol. The van der Waals surface area contributed by atoms with Gasteiger partial charge >= 0.3 is 6.18 Å². The van der Waals surface area contributed by atoms with Gasteiger partial charge in [-0.1, -0.05) is 66.7 Å². The molecule has 0 saturated heterocycles. The van der Waals surface area contributed by atoms with Gasteiger partial charge in [-0.2, -0.15) is 13.2 Å². The maximum absolute atomic E-state index is 13.2. The van der Waals surface area contributed by atoms with Gasteiger partial charge in [0.05, 0.1) is 5.56 Å². The molecule has 0 aliphatic carbocycles. The van der Waals surface area contributed by atoms with Gasteiger partial charge in [0, 0.05) is 16.8 Å². The summed E-state index contributed by atoms with van der Waals surface area (Å²) in [6.07, 6.45) is -4.43. The van der Waals surface area contributed by atoms with E-state index in [-0.39, 0.29) is 0 Å². The van der Waals surface area contributed by atoms with Crippen LogP contribution in [0.4, 0.5) is 13.2 Å². The molecule has 4 aromatic rings. The third-order valence-corrected chi connectivity index (χ3v) is 4.16. The molecule has 0 unspecified atom stereocenters. The van der Waals surface area contributed by atoms with Crippen LogP contribution < -0.4 is 0 Å². The van der Waals surface area contributed by atoms with Crippen LogP contribution in [-0.2, 0) is 6.18 Å². The van der Waals surface area contributed by atoms with Gasteiger partial charge < -0.3 is 0 Å². The Hall–Kier alpha value is -3.41. The SMILES string of the molecule is FC(F)(F)c1cccc(-n2c(-c3ccccc3)nnc2-c2ccccc2)c1. The second kappa shape index (κ2) is 6.72. The second-order valence-electron chi connectivity index (χ2n) is 5.96. The molecule has 0 fully saturated rings. The lowest BCUT2D eigenvalue weighted by atomic mass is 10.1. The number of alkyl halides is 3. The van der Waals surface area contributed by atoms with Gasteiger partial charge in [-0.25, -0.2) is 0 Å². The first-order chi connectivity index (χ1) is 13.0. The van der Waals surface area contributed by atoms with Crippen LogP contribution in [-0.4, -0.2) is 14.8 Å². The van der Waals surface area contributed by atoms with Crippen molar-refractivity contribution in [1.29, 1.82) is 0 Å². The number of hydrogen-bond donors (Lipinski definition) is 0. The van der Waals surface area contributed by atoms with Crippen LogP contribution in [0.5, 0.6) is 0 Å². The fourth-order valence-corrected chi connectivity index (χ4v) is 2.90. The van der Waals surface area contributed by atoms with Crippen molar-refractivity contribution >= 4 is 0 Å². The average molecular weight is 365 g/mol. The van der Waals surface area contributed by atoms with E-state index in [0.29, 0.717) is 17.3 Å². The van der Waals surface area contributed by atoms with Crippen LogP contribution >= 0.6 is 0 Å². The van der Waals surface area contributed by atoms with Crippen molar-refractivity contribution in [2.24, 2.45) is 0 Å². The Morgan fingerprint density at radius 1 is 0.630 bits per heavy atom. The highest BCUT2D eigenvalue weighted by atomic mass is 19.4. The van der Waals surface area contributed by atoms with E-state index in [1.54, 1.807) is 10.6 Å². The minimum Gasteiger partial charge on any atom is -0.275 e. The summed E-state index contributed by atoms with van der Waals surface area (Å²) < 4.78 is 41.3. The van der Waals surface area contributed by atoms with Crippen LogP contribution in [0.15, 0.2) is 84.9 Å². The Bertz CT molecular complexity index is 998. The summed E-state index contributed by atoms with van der Waals surface area (Å²) in [5, 5.41) is 8.53. The van der Waals surface area contributed by atoms with Crippen molar-refractivity contribution in [2.45, 2.75) is 6.18 Å². The molecule has 3 aromatic carbocycles. The third-order valence-electron chi connectivity index (χ3n) is 4.16. The maximum Gasteiger partial charge on any atom is 0.416 e. The quantitative estimate of drug-likeness (QED) is 0.472. The largest absolute Gasteiger partial charge is 0.416 e. The van der Waals surface area contributed by atoms with Gasteiger partial charge in [0.25, 0.3) is 0 Å². The molecule has 0 radical (unpaired) electrons. The van der Waals surface area contributed by atoms with Gasteiger partial charge in [-0.05, 0) is 18.2 Å². The molecule has 0 aliphatic rings. The third kappa shape index (κ3) is 3.33. The number of hydrogen-bond acceptors (Lipinski definition) is 2. The fraction of sp³-hybridized carbons (Fsp3) is 0.0476. The van der Waals surface area contributed by atoms with E-state index >= 15 is 0 Å². The fourth-order valence-electron chi connectivity index (χ4n) is 2.90. The molecule has 4 rings (SSSR count). The van der Waals surface area contributed by atoms with E-state index < -0.39 is 11.7 Å². The van der Waals surface area contributed by atoms with Gasteiger partial charge in [0.15, 0.2) is 11.6 Å². The molecule has 0 N–H and O–H groups in total. The highest BCUT2D eigenvalue weighted by molar-refractivity contribution is 5.66. The van der Waals surface area contributed by atoms with Crippen LogP contribution in [0.3, 0.4) is 0 Å². The zero-order valence-electron chi connectivity index (χ0n) is 14.1. The Morgan fingerprint density at radius 3 is 1.63 bits per heavy atom. The Morgan fingerprint density at radius 2 is 1.15 bits per heavy atom. The number of benzene rings is 3. The average Bonchev–Trinajstić information content (AvgIpc) is 3.14. The molecule has 27 heavy (non-hydrogen) atoms. The molecule has 1 heterocycles. The summed E-state index contributed by atoms with van der Waals surface area (Å²) in [6.45, 7) is 0. The molecule has 0 aliphatic heterocycles. The molecule has 3 nitrogen and oxygen atoms in total. The summed E-state index contributed by atoms with van der Waals surface area (Å²) in [5.74, 6) is 0.961. The first-order valence-corrected chi connectivity index (χ1v) is 8.28. The number of halogens is 3. The predicted octanol–water partition coefficient (Wildman–Crippen LogP) is 5.62. The minimum atomic E-state index is -4.43. The summed E-state index contributed by atoms with van der Waals surface area (Å²) >= 11 is 0. The normalized spacial score (nSPS) is 11.5. The summed E-state index contributed by atoms with van der Waals surface area (Å²) in [4.78, 5) is 0. The standard InChI is InChI=1S/C21H14F3N3/c22-21(23,24)17-12-7-13-18(14-17)27-19(15-8-3-1-4-9-15)25-26-20(27)16-10-5-2-6-11-16/h1-14H. The highest BCUT2D eigenvalue weighted by Crippen LogP contribution is 2.33. The van der Waals surface area contributed by atoms with E-state index in [1.165, 1.54) is 6.07 Å². The first-order valence-electron chi connectivity index (χ1n) is 8.28. The number of rotatable bonds is 3. The molecular formula is C21H14F3N3. The van der Waals surface area contributed by atoms with Crippen LogP contribution in [0.1, 0.15) is 5.56 Å². The highest BCUT2D eigenvalue weighted by Gasteiger charge is 2.31. The monoisotopic (exact) mass is 365 g/mol. The molecule has 134 valence electrons. The van der Waals surface area contributed by atoms with Gasteiger partial charge in [0.2, 0.25) is 0 Å². The topological polar surface area (TPSA) is 30.7 Å². The lowest BCUT2D eigenvalue weighted by molar-refractivity contribution is -0.137. The Kier molecular flexibility index (Phi) is 4.24. The van der Waals surface area contributed by atoms with Crippen LogP contribution in [0.2, 0.25) is 0 Å². The van der Waals surface area contributed by atoms with Crippen molar-refractivity contribution in [3.8, 4) is 28.5 Å². The molecule has 0 saturated carbocycles. The number of aromatic nitrogens is 3. The molecule has 1 aromatic heterocycles.